The second-order valence-electron chi connectivity index (χ2n) is 5.09. The first-order valence-electron chi connectivity index (χ1n) is 6.87. The first kappa shape index (κ1) is 15.2. The molecule has 0 atom stereocenters. The lowest BCUT2D eigenvalue weighted by molar-refractivity contribution is 0.0598. The molecule has 0 unspecified atom stereocenters. The minimum Gasteiger partial charge on any atom is -0.465 e. The van der Waals surface area contributed by atoms with Gasteiger partial charge in [0.25, 0.3) is 0 Å². The number of rotatable bonds is 5. The number of carbonyl (C=O) groups is 1. The van der Waals surface area contributed by atoms with Crippen molar-refractivity contribution < 1.29 is 9.53 Å². The van der Waals surface area contributed by atoms with Crippen molar-refractivity contribution in [2.45, 2.75) is 20.0 Å². The van der Waals surface area contributed by atoms with Crippen LogP contribution in [0, 0.1) is 6.92 Å². The molecule has 0 bridgehead atoms. The van der Waals surface area contributed by atoms with Gasteiger partial charge in [-0.1, -0.05) is 24.3 Å². The second-order valence-corrected chi connectivity index (χ2v) is 5.09. The molecule has 1 heterocycles. The summed E-state index contributed by atoms with van der Waals surface area (Å²) in [5.74, 6) is -0.298. The highest BCUT2D eigenvalue weighted by Gasteiger charge is 2.12. The number of benzene rings is 1. The first-order chi connectivity index (χ1) is 10.1. The van der Waals surface area contributed by atoms with E-state index in [9.17, 15) is 4.79 Å². The van der Waals surface area contributed by atoms with E-state index in [0.717, 1.165) is 23.5 Å². The number of methoxy groups -OCH3 is 1. The van der Waals surface area contributed by atoms with Crippen molar-refractivity contribution in [3.05, 3.63) is 65.0 Å². The minimum atomic E-state index is -0.298. The average molecular weight is 284 g/mol. The lowest BCUT2D eigenvalue weighted by Gasteiger charge is -2.18. The molecule has 21 heavy (non-hydrogen) atoms. The summed E-state index contributed by atoms with van der Waals surface area (Å²) in [6.07, 6.45) is 0. The number of esters is 1. The van der Waals surface area contributed by atoms with Crippen LogP contribution in [0.3, 0.4) is 0 Å². The highest BCUT2D eigenvalue weighted by Crippen LogP contribution is 2.13. The second kappa shape index (κ2) is 6.99. The molecule has 0 aliphatic carbocycles. The van der Waals surface area contributed by atoms with Gasteiger partial charge < -0.3 is 4.74 Å². The maximum Gasteiger partial charge on any atom is 0.338 e. The van der Waals surface area contributed by atoms with Crippen LogP contribution in [0.15, 0.2) is 42.5 Å². The van der Waals surface area contributed by atoms with Crippen molar-refractivity contribution in [1.29, 1.82) is 0 Å². The van der Waals surface area contributed by atoms with E-state index in [1.165, 1.54) is 7.11 Å². The number of aryl methyl sites for hydroxylation is 1. The molecule has 1 aromatic heterocycles. The molecule has 110 valence electrons. The van der Waals surface area contributed by atoms with Gasteiger partial charge in [0.1, 0.15) is 0 Å². The Balaban J connectivity index is 2.09. The molecule has 0 N–H and O–H groups in total. The Kier molecular flexibility index (Phi) is 5.06. The molecule has 4 nitrogen and oxygen atoms in total. The number of nitrogens with zero attached hydrogens (tertiary/aromatic N) is 2. The van der Waals surface area contributed by atoms with Gasteiger partial charge in [-0.15, -0.1) is 0 Å². The fourth-order valence-electron chi connectivity index (χ4n) is 2.28. The van der Waals surface area contributed by atoms with Crippen LogP contribution in [0.1, 0.15) is 27.3 Å². The molecule has 0 amide bonds. The molecular weight excluding hydrogens is 264 g/mol. The number of ether oxygens (including phenoxy) is 1. The molecule has 1 aromatic carbocycles. The van der Waals surface area contributed by atoms with E-state index in [2.05, 4.69) is 9.88 Å². The van der Waals surface area contributed by atoms with Gasteiger partial charge in [0, 0.05) is 18.8 Å². The summed E-state index contributed by atoms with van der Waals surface area (Å²) in [7, 11) is 3.41. The standard InChI is InChI=1S/C17H20N2O2/c1-13-7-6-9-15(18-13)12-19(2)11-14-8-4-5-10-16(14)17(20)21-3/h4-10H,11-12H2,1-3H3. The van der Waals surface area contributed by atoms with Crippen LogP contribution in [-0.2, 0) is 17.8 Å². The van der Waals surface area contributed by atoms with E-state index in [-0.39, 0.29) is 5.97 Å². The van der Waals surface area contributed by atoms with Crippen LogP contribution >= 0.6 is 0 Å². The summed E-state index contributed by atoms with van der Waals surface area (Å²) < 4.78 is 4.82. The summed E-state index contributed by atoms with van der Waals surface area (Å²) in [6, 6.07) is 13.5. The quantitative estimate of drug-likeness (QED) is 0.792. The molecule has 0 saturated carbocycles. The van der Waals surface area contributed by atoms with Crippen LogP contribution in [0.25, 0.3) is 0 Å². The monoisotopic (exact) mass is 284 g/mol. The Morgan fingerprint density at radius 1 is 1.14 bits per heavy atom. The minimum absolute atomic E-state index is 0.298. The molecule has 0 radical (unpaired) electrons. The Morgan fingerprint density at radius 2 is 1.90 bits per heavy atom. The third-order valence-electron chi connectivity index (χ3n) is 3.24. The largest absolute Gasteiger partial charge is 0.465 e. The molecule has 0 saturated heterocycles. The molecule has 2 rings (SSSR count). The normalized spacial score (nSPS) is 10.7. The van der Waals surface area contributed by atoms with E-state index in [1.54, 1.807) is 6.07 Å². The molecule has 4 heteroatoms. The summed E-state index contributed by atoms with van der Waals surface area (Å²) in [6.45, 7) is 3.38. The fraction of sp³-hybridized carbons (Fsp3) is 0.294. The molecule has 0 aliphatic heterocycles. The van der Waals surface area contributed by atoms with E-state index >= 15 is 0 Å². The molecular formula is C17H20N2O2. The van der Waals surface area contributed by atoms with Crippen LogP contribution in [-0.4, -0.2) is 30.0 Å². The van der Waals surface area contributed by atoms with Crippen molar-refractivity contribution in [2.24, 2.45) is 0 Å². The van der Waals surface area contributed by atoms with Gasteiger partial charge >= 0.3 is 5.97 Å². The van der Waals surface area contributed by atoms with Gasteiger partial charge in [0.2, 0.25) is 0 Å². The Bertz CT molecular complexity index is 626. The van der Waals surface area contributed by atoms with Gasteiger partial charge in [-0.3, -0.25) is 9.88 Å². The fourth-order valence-corrected chi connectivity index (χ4v) is 2.28. The van der Waals surface area contributed by atoms with Crippen LogP contribution < -0.4 is 0 Å². The third-order valence-corrected chi connectivity index (χ3v) is 3.24. The van der Waals surface area contributed by atoms with Crippen molar-refractivity contribution in [3.63, 3.8) is 0 Å². The zero-order valence-corrected chi connectivity index (χ0v) is 12.7. The number of pyridine rings is 1. The SMILES string of the molecule is COC(=O)c1ccccc1CN(C)Cc1cccc(C)n1. The van der Waals surface area contributed by atoms with Crippen molar-refractivity contribution >= 4 is 5.97 Å². The summed E-state index contributed by atoms with van der Waals surface area (Å²) in [5, 5.41) is 0. The molecule has 0 spiro atoms. The van der Waals surface area contributed by atoms with E-state index in [1.807, 2.05) is 50.4 Å². The maximum absolute atomic E-state index is 11.8. The van der Waals surface area contributed by atoms with Gasteiger partial charge in [0.05, 0.1) is 18.4 Å². The van der Waals surface area contributed by atoms with Crippen molar-refractivity contribution in [1.82, 2.24) is 9.88 Å². The number of carbonyl (C=O) groups excluding carboxylic acids is 1. The average Bonchev–Trinajstić information content (AvgIpc) is 2.47. The first-order valence-corrected chi connectivity index (χ1v) is 6.87. The number of aromatic nitrogens is 1. The molecule has 2 aromatic rings. The summed E-state index contributed by atoms with van der Waals surface area (Å²) in [5.41, 5.74) is 3.60. The molecule has 0 fully saturated rings. The van der Waals surface area contributed by atoms with Gasteiger partial charge in [-0.2, -0.15) is 0 Å². The summed E-state index contributed by atoms with van der Waals surface area (Å²) >= 11 is 0. The van der Waals surface area contributed by atoms with E-state index in [4.69, 9.17) is 4.74 Å². The van der Waals surface area contributed by atoms with Crippen LogP contribution in [0.2, 0.25) is 0 Å². The topological polar surface area (TPSA) is 42.4 Å². The van der Waals surface area contributed by atoms with E-state index < -0.39 is 0 Å². The van der Waals surface area contributed by atoms with Crippen molar-refractivity contribution in [3.8, 4) is 0 Å². The smallest absolute Gasteiger partial charge is 0.338 e. The van der Waals surface area contributed by atoms with Gasteiger partial charge in [0.15, 0.2) is 0 Å². The maximum atomic E-state index is 11.8. The number of hydrogen-bond acceptors (Lipinski definition) is 4. The lowest BCUT2D eigenvalue weighted by Crippen LogP contribution is -2.20. The number of hydrogen-bond donors (Lipinski definition) is 0. The third kappa shape index (κ3) is 4.13. The highest BCUT2D eigenvalue weighted by molar-refractivity contribution is 5.90. The van der Waals surface area contributed by atoms with Crippen molar-refractivity contribution in [2.75, 3.05) is 14.2 Å². The van der Waals surface area contributed by atoms with Crippen LogP contribution in [0.5, 0.6) is 0 Å². The Morgan fingerprint density at radius 3 is 2.62 bits per heavy atom. The van der Waals surface area contributed by atoms with E-state index in [0.29, 0.717) is 12.1 Å². The summed E-state index contributed by atoms with van der Waals surface area (Å²) in [4.78, 5) is 18.4. The zero-order valence-electron chi connectivity index (χ0n) is 12.7. The molecule has 0 aliphatic rings. The van der Waals surface area contributed by atoms with Crippen LogP contribution in [0.4, 0.5) is 0 Å². The predicted octanol–water partition coefficient (Wildman–Crippen LogP) is 2.81. The highest BCUT2D eigenvalue weighted by atomic mass is 16.5. The zero-order chi connectivity index (χ0) is 15.2. The Labute approximate surface area is 125 Å². The predicted molar refractivity (Wildman–Crippen MR) is 81.9 cm³/mol. The van der Waals surface area contributed by atoms with Gasteiger partial charge in [-0.25, -0.2) is 4.79 Å². The Hall–Kier alpha value is -2.20. The van der Waals surface area contributed by atoms with Gasteiger partial charge in [-0.05, 0) is 37.7 Å². The lowest BCUT2D eigenvalue weighted by atomic mass is 10.1.